The van der Waals surface area contributed by atoms with E-state index in [1.165, 1.54) is 24.0 Å². The molecule has 5 nitrogen and oxygen atoms in total. The predicted octanol–water partition coefficient (Wildman–Crippen LogP) is 3.87. The third-order valence-electron chi connectivity index (χ3n) is 7.57. The van der Waals surface area contributed by atoms with Crippen molar-refractivity contribution in [3.05, 3.63) is 23.3 Å². The largest absolute Gasteiger partial charge is 0.486 e. The van der Waals surface area contributed by atoms with Gasteiger partial charge in [-0.3, -0.25) is 4.79 Å². The van der Waals surface area contributed by atoms with Gasteiger partial charge in [0, 0.05) is 12.0 Å². The average molecular weight is 386 g/mol. The molecular weight excluding hydrogens is 354 g/mol. The van der Waals surface area contributed by atoms with Crippen molar-refractivity contribution in [3.8, 4) is 11.5 Å². The summed E-state index contributed by atoms with van der Waals surface area (Å²) < 4.78 is 11.7. The van der Waals surface area contributed by atoms with Crippen molar-refractivity contribution < 1.29 is 19.4 Å². The molecule has 1 atom stereocenters. The van der Waals surface area contributed by atoms with Gasteiger partial charge in [0.15, 0.2) is 11.5 Å². The molecule has 2 heterocycles. The number of amides is 1. The molecule has 5 rings (SSSR count). The van der Waals surface area contributed by atoms with Crippen LogP contribution in [0.2, 0.25) is 0 Å². The van der Waals surface area contributed by atoms with Crippen LogP contribution in [0.15, 0.2) is 12.1 Å². The van der Waals surface area contributed by atoms with Gasteiger partial charge in [-0.25, -0.2) is 0 Å². The highest BCUT2D eigenvalue weighted by Crippen LogP contribution is 2.52. The van der Waals surface area contributed by atoms with Crippen molar-refractivity contribution >= 4 is 5.91 Å². The number of hydrogen-bond acceptors (Lipinski definition) is 4. The number of hydrogen-bond donors (Lipinski definition) is 1. The molecule has 2 fully saturated rings. The Balaban J connectivity index is 1.51. The number of carbonyl (C=O) groups is 1. The van der Waals surface area contributed by atoms with Gasteiger partial charge in [-0.15, -0.1) is 0 Å². The van der Waals surface area contributed by atoms with Crippen LogP contribution in [-0.2, 0) is 10.2 Å². The van der Waals surface area contributed by atoms with E-state index in [1.54, 1.807) is 0 Å². The number of ether oxygens (including phenoxy) is 2. The molecule has 1 aromatic carbocycles. The zero-order valence-corrected chi connectivity index (χ0v) is 16.8. The second kappa shape index (κ2) is 6.65. The quantitative estimate of drug-likeness (QED) is 0.840. The summed E-state index contributed by atoms with van der Waals surface area (Å²) in [5.41, 5.74) is 1.77. The van der Waals surface area contributed by atoms with Crippen LogP contribution < -0.4 is 9.47 Å². The molecule has 0 unspecified atom stereocenters. The Hall–Kier alpha value is -1.75. The SMILES string of the molecule is C[C@@H]1c2cc3c(cc2C2(CCCC2)CN1C(=O)CC1(O)CCCC1)OCCO3. The van der Waals surface area contributed by atoms with E-state index < -0.39 is 5.60 Å². The van der Waals surface area contributed by atoms with Crippen LogP contribution in [0.5, 0.6) is 11.5 Å². The van der Waals surface area contributed by atoms with E-state index in [9.17, 15) is 9.90 Å². The molecule has 1 amide bonds. The number of aliphatic hydroxyl groups is 1. The van der Waals surface area contributed by atoms with Gasteiger partial charge in [0.1, 0.15) is 13.2 Å². The first kappa shape index (κ1) is 18.3. The number of fused-ring (bicyclic) bond motifs is 3. The Morgan fingerprint density at radius 1 is 1.07 bits per heavy atom. The number of rotatable bonds is 2. The maximum Gasteiger partial charge on any atom is 0.225 e. The van der Waals surface area contributed by atoms with E-state index in [0.717, 1.165) is 56.6 Å². The highest BCUT2D eigenvalue weighted by atomic mass is 16.6. The highest BCUT2D eigenvalue weighted by Gasteiger charge is 2.47. The molecule has 1 aromatic rings. The van der Waals surface area contributed by atoms with E-state index in [-0.39, 0.29) is 23.8 Å². The van der Waals surface area contributed by atoms with E-state index in [1.807, 2.05) is 4.90 Å². The summed E-state index contributed by atoms with van der Waals surface area (Å²) in [5, 5.41) is 10.8. The second-order valence-electron chi connectivity index (χ2n) is 9.38. The van der Waals surface area contributed by atoms with Gasteiger partial charge in [0.2, 0.25) is 5.91 Å². The zero-order valence-electron chi connectivity index (χ0n) is 16.8. The van der Waals surface area contributed by atoms with E-state index in [0.29, 0.717) is 13.2 Å². The van der Waals surface area contributed by atoms with Gasteiger partial charge >= 0.3 is 0 Å². The van der Waals surface area contributed by atoms with Crippen LogP contribution >= 0.6 is 0 Å². The van der Waals surface area contributed by atoms with Crippen LogP contribution in [0.4, 0.5) is 0 Å². The van der Waals surface area contributed by atoms with Crippen molar-refractivity contribution in [2.24, 2.45) is 0 Å². The zero-order chi connectivity index (χ0) is 19.4. The molecule has 1 spiro atoms. The monoisotopic (exact) mass is 385 g/mol. The molecule has 0 bridgehead atoms. The third kappa shape index (κ3) is 2.90. The van der Waals surface area contributed by atoms with Crippen molar-refractivity contribution in [1.29, 1.82) is 0 Å². The van der Waals surface area contributed by atoms with Gasteiger partial charge in [0.25, 0.3) is 0 Å². The summed E-state index contributed by atoms with van der Waals surface area (Å²) in [6.45, 7) is 4.04. The van der Waals surface area contributed by atoms with Crippen LogP contribution in [-0.4, -0.2) is 41.3 Å². The predicted molar refractivity (Wildman–Crippen MR) is 106 cm³/mol. The molecular formula is C23H31NO4. The lowest BCUT2D eigenvalue weighted by Crippen LogP contribution is -2.50. The standard InChI is InChI=1S/C23H31NO4/c1-16-17-12-19-20(28-11-10-27-19)13-18(17)22(6-2-3-7-22)15-24(16)21(25)14-23(26)8-4-5-9-23/h12-13,16,26H,2-11,14-15H2,1H3/t16-/m1/s1. The van der Waals surface area contributed by atoms with Crippen LogP contribution in [0.3, 0.4) is 0 Å². The summed E-state index contributed by atoms with van der Waals surface area (Å²) in [6, 6.07) is 4.30. The fourth-order valence-corrected chi connectivity index (χ4v) is 6.00. The second-order valence-corrected chi connectivity index (χ2v) is 9.38. The summed E-state index contributed by atoms with van der Waals surface area (Å²) in [7, 11) is 0. The lowest BCUT2D eigenvalue weighted by molar-refractivity contribution is -0.140. The Morgan fingerprint density at radius 2 is 1.68 bits per heavy atom. The van der Waals surface area contributed by atoms with Crippen molar-refractivity contribution in [2.75, 3.05) is 19.8 Å². The molecule has 2 aliphatic carbocycles. The summed E-state index contributed by atoms with van der Waals surface area (Å²) >= 11 is 0. The van der Waals surface area contributed by atoms with Crippen LogP contribution in [0.25, 0.3) is 0 Å². The minimum atomic E-state index is -0.799. The normalized spacial score (nSPS) is 27.1. The fourth-order valence-electron chi connectivity index (χ4n) is 6.00. The summed E-state index contributed by atoms with van der Waals surface area (Å²) in [4.78, 5) is 15.4. The van der Waals surface area contributed by atoms with Gasteiger partial charge in [-0.1, -0.05) is 25.7 Å². The van der Waals surface area contributed by atoms with Gasteiger partial charge in [-0.05, 0) is 55.9 Å². The molecule has 0 aromatic heterocycles. The molecule has 1 N–H and O–H groups in total. The first-order chi connectivity index (χ1) is 13.5. The average Bonchev–Trinajstić information content (AvgIpc) is 3.33. The Morgan fingerprint density at radius 3 is 2.36 bits per heavy atom. The summed E-state index contributed by atoms with van der Waals surface area (Å²) in [5.74, 6) is 1.75. The lowest BCUT2D eigenvalue weighted by Gasteiger charge is -2.47. The number of nitrogens with zero attached hydrogens (tertiary/aromatic N) is 1. The molecule has 0 saturated heterocycles. The number of carbonyl (C=O) groups excluding carboxylic acids is 1. The Bertz CT molecular complexity index is 777. The first-order valence-electron chi connectivity index (χ1n) is 11.0. The van der Waals surface area contributed by atoms with Crippen molar-refractivity contribution in [1.82, 2.24) is 4.90 Å². The maximum atomic E-state index is 13.3. The van der Waals surface area contributed by atoms with Gasteiger partial charge < -0.3 is 19.5 Å². The molecule has 4 aliphatic rings. The molecule has 28 heavy (non-hydrogen) atoms. The minimum absolute atomic E-state index is 0.00504. The minimum Gasteiger partial charge on any atom is -0.486 e. The molecule has 2 aliphatic heterocycles. The fraction of sp³-hybridized carbons (Fsp3) is 0.696. The molecule has 2 saturated carbocycles. The first-order valence-corrected chi connectivity index (χ1v) is 11.0. The van der Waals surface area contributed by atoms with E-state index in [2.05, 4.69) is 19.1 Å². The maximum absolute atomic E-state index is 13.3. The van der Waals surface area contributed by atoms with E-state index in [4.69, 9.17) is 9.47 Å². The molecule has 152 valence electrons. The third-order valence-corrected chi connectivity index (χ3v) is 7.57. The molecule has 0 radical (unpaired) electrons. The Kier molecular flexibility index (Phi) is 4.34. The van der Waals surface area contributed by atoms with Crippen molar-refractivity contribution in [3.63, 3.8) is 0 Å². The topological polar surface area (TPSA) is 59.0 Å². The van der Waals surface area contributed by atoms with Crippen molar-refractivity contribution in [2.45, 2.75) is 81.8 Å². The smallest absolute Gasteiger partial charge is 0.225 e. The van der Waals surface area contributed by atoms with Gasteiger partial charge in [0.05, 0.1) is 18.1 Å². The summed E-state index contributed by atoms with van der Waals surface area (Å²) in [6.07, 6.45) is 8.44. The van der Waals surface area contributed by atoms with Crippen LogP contribution in [0.1, 0.15) is 81.9 Å². The Labute approximate surface area is 167 Å². The lowest BCUT2D eigenvalue weighted by atomic mass is 9.71. The van der Waals surface area contributed by atoms with Crippen LogP contribution in [0, 0.1) is 0 Å². The highest BCUT2D eigenvalue weighted by molar-refractivity contribution is 5.79. The molecule has 5 heteroatoms. The number of benzene rings is 1. The van der Waals surface area contributed by atoms with Gasteiger partial charge in [-0.2, -0.15) is 0 Å². The van der Waals surface area contributed by atoms with E-state index >= 15 is 0 Å².